The fourth-order valence-electron chi connectivity index (χ4n) is 1.23. The molecular weight excluding hydrogens is 221 g/mol. The van der Waals surface area contributed by atoms with Crippen molar-refractivity contribution in [2.24, 2.45) is 0 Å². The zero-order valence-corrected chi connectivity index (χ0v) is 8.29. The highest BCUT2D eigenvalue weighted by molar-refractivity contribution is 5.92. The average Bonchev–Trinajstić information content (AvgIpc) is 2.18. The summed E-state index contributed by atoms with van der Waals surface area (Å²) < 4.78 is 13.2. The van der Waals surface area contributed by atoms with Crippen LogP contribution in [0.1, 0.15) is 10.4 Å². The molecule has 3 nitrogen and oxygen atoms in total. The number of carbonyl (C=O) groups is 1. The Morgan fingerprint density at radius 2 is 2.13 bits per heavy atom. The minimum atomic E-state index is -1.11. The maximum atomic E-state index is 13.2. The van der Waals surface area contributed by atoms with E-state index >= 15 is 0 Å². The Kier molecular flexibility index (Phi) is 3.21. The fraction of sp³-hybridized carbons (Fsp3) is 0. The van der Waals surface area contributed by atoms with Gasteiger partial charge in [-0.05, 0) is 18.2 Å². The van der Waals surface area contributed by atoms with Crippen molar-refractivity contribution in [2.75, 3.05) is 0 Å². The predicted octanol–water partition coefficient (Wildman–Crippen LogP) is 2.49. The van der Waals surface area contributed by atoms with Crippen LogP contribution in [0.25, 0.3) is 10.9 Å². The first-order valence-electron chi connectivity index (χ1n) is 3.96. The molecule has 0 aliphatic rings. The van der Waals surface area contributed by atoms with Crippen molar-refractivity contribution in [3.63, 3.8) is 0 Å². The molecule has 1 aromatic carbocycles. The summed E-state index contributed by atoms with van der Waals surface area (Å²) in [5.74, 6) is -1.57. The molecule has 0 saturated heterocycles. The van der Waals surface area contributed by atoms with E-state index in [0.29, 0.717) is 5.52 Å². The first-order valence-corrected chi connectivity index (χ1v) is 3.96. The molecule has 5 heteroatoms. The quantitative estimate of drug-likeness (QED) is 0.814. The molecule has 0 fully saturated rings. The SMILES string of the molecule is Cl.O=C(O)c1cnc2cccc(F)c2c1. The Hall–Kier alpha value is -1.68. The fourth-order valence-corrected chi connectivity index (χ4v) is 1.23. The van der Waals surface area contributed by atoms with Gasteiger partial charge in [0.1, 0.15) is 5.82 Å². The molecule has 0 aliphatic heterocycles. The van der Waals surface area contributed by atoms with Gasteiger partial charge in [0, 0.05) is 11.6 Å². The van der Waals surface area contributed by atoms with Gasteiger partial charge in [-0.25, -0.2) is 9.18 Å². The van der Waals surface area contributed by atoms with E-state index in [9.17, 15) is 9.18 Å². The van der Waals surface area contributed by atoms with Crippen LogP contribution >= 0.6 is 12.4 Å². The standard InChI is InChI=1S/C10H6FNO2.ClH/c11-8-2-1-3-9-7(8)4-6(5-12-9)10(13)14;/h1-5H,(H,13,14);1H. The average molecular weight is 228 g/mol. The summed E-state index contributed by atoms with van der Waals surface area (Å²) in [4.78, 5) is 14.4. The molecular formula is C10H7ClFNO2. The number of nitrogens with zero attached hydrogens (tertiary/aromatic N) is 1. The summed E-state index contributed by atoms with van der Waals surface area (Å²) in [5.41, 5.74) is 0.442. The van der Waals surface area contributed by atoms with E-state index in [1.807, 2.05) is 0 Å². The molecule has 0 aliphatic carbocycles. The molecule has 1 aromatic heterocycles. The summed E-state index contributed by atoms with van der Waals surface area (Å²) in [5, 5.41) is 8.90. The van der Waals surface area contributed by atoms with Gasteiger partial charge in [-0.2, -0.15) is 0 Å². The van der Waals surface area contributed by atoms with E-state index in [4.69, 9.17) is 5.11 Å². The largest absolute Gasteiger partial charge is 0.478 e. The normalized spacial score (nSPS) is 9.67. The van der Waals surface area contributed by atoms with Crippen LogP contribution in [-0.4, -0.2) is 16.1 Å². The molecule has 0 radical (unpaired) electrons. The Morgan fingerprint density at radius 1 is 1.40 bits per heavy atom. The molecule has 1 N–H and O–H groups in total. The number of pyridine rings is 1. The molecule has 0 atom stereocenters. The van der Waals surface area contributed by atoms with E-state index in [0.717, 1.165) is 0 Å². The van der Waals surface area contributed by atoms with Crippen molar-refractivity contribution in [1.82, 2.24) is 4.98 Å². The lowest BCUT2D eigenvalue weighted by Crippen LogP contribution is -1.97. The highest BCUT2D eigenvalue weighted by atomic mass is 35.5. The lowest BCUT2D eigenvalue weighted by atomic mass is 10.1. The molecule has 2 aromatic rings. The third-order valence-corrected chi connectivity index (χ3v) is 1.92. The van der Waals surface area contributed by atoms with E-state index < -0.39 is 11.8 Å². The van der Waals surface area contributed by atoms with Gasteiger partial charge >= 0.3 is 5.97 Å². The smallest absolute Gasteiger partial charge is 0.337 e. The Morgan fingerprint density at radius 3 is 2.80 bits per heavy atom. The number of rotatable bonds is 1. The number of aromatic carboxylic acids is 1. The second-order valence-corrected chi connectivity index (χ2v) is 2.84. The number of carboxylic acid groups (broad SMARTS) is 1. The molecule has 0 spiro atoms. The number of hydrogen-bond donors (Lipinski definition) is 1. The summed E-state index contributed by atoms with van der Waals surface area (Å²) in [6.45, 7) is 0. The molecule has 15 heavy (non-hydrogen) atoms. The van der Waals surface area contributed by atoms with Gasteiger partial charge in [-0.15, -0.1) is 12.4 Å². The first kappa shape index (κ1) is 11.4. The van der Waals surface area contributed by atoms with Crippen molar-refractivity contribution >= 4 is 29.3 Å². The number of halogens is 2. The van der Waals surface area contributed by atoms with Crippen LogP contribution < -0.4 is 0 Å². The van der Waals surface area contributed by atoms with Gasteiger partial charge in [0.15, 0.2) is 0 Å². The van der Waals surface area contributed by atoms with Gasteiger partial charge in [0.05, 0.1) is 11.1 Å². The zero-order valence-electron chi connectivity index (χ0n) is 7.48. The van der Waals surface area contributed by atoms with E-state index in [1.54, 1.807) is 6.07 Å². The lowest BCUT2D eigenvalue weighted by Gasteiger charge is -1.99. The maximum Gasteiger partial charge on any atom is 0.337 e. The monoisotopic (exact) mass is 227 g/mol. The topological polar surface area (TPSA) is 50.2 Å². The third kappa shape index (κ3) is 2.05. The minimum Gasteiger partial charge on any atom is -0.478 e. The second kappa shape index (κ2) is 4.23. The molecule has 0 saturated carbocycles. The summed E-state index contributed by atoms with van der Waals surface area (Å²) >= 11 is 0. The van der Waals surface area contributed by atoms with Crippen molar-refractivity contribution in [2.45, 2.75) is 0 Å². The van der Waals surface area contributed by atoms with Gasteiger partial charge in [-0.3, -0.25) is 4.98 Å². The van der Waals surface area contributed by atoms with Crippen LogP contribution in [0.3, 0.4) is 0 Å². The van der Waals surface area contributed by atoms with Crippen LogP contribution in [0.2, 0.25) is 0 Å². The minimum absolute atomic E-state index is 0. The maximum absolute atomic E-state index is 13.2. The van der Waals surface area contributed by atoms with E-state index in [-0.39, 0.29) is 23.4 Å². The highest BCUT2D eigenvalue weighted by Crippen LogP contribution is 2.16. The molecule has 2 rings (SSSR count). The van der Waals surface area contributed by atoms with Crippen LogP contribution in [0.5, 0.6) is 0 Å². The van der Waals surface area contributed by atoms with Crippen molar-refractivity contribution in [1.29, 1.82) is 0 Å². The van der Waals surface area contributed by atoms with Gasteiger partial charge in [-0.1, -0.05) is 6.07 Å². The van der Waals surface area contributed by atoms with Gasteiger partial charge in [0.2, 0.25) is 0 Å². The van der Waals surface area contributed by atoms with Gasteiger partial charge < -0.3 is 5.11 Å². The van der Waals surface area contributed by atoms with E-state index in [1.165, 1.54) is 24.4 Å². The Bertz CT molecular complexity index is 516. The van der Waals surface area contributed by atoms with Crippen LogP contribution in [0, 0.1) is 5.82 Å². The number of fused-ring (bicyclic) bond motifs is 1. The summed E-state index contributed by atoms with van der Waals surface area (Å²) in [7, 11) is 0. The Balaban J connectivity index is 0.00000112. The highest BCUT2D eigenvalue weighted by Gasteiger charge is 2.06. The number of benzene rings is 1. The molecule has 0 amide bonds. The Labute approximate surface area is 91.0 Å². The number of carboxylic acids is 1. The molecule has 78 valence electrons. The molecule has 0 unspecified atom stereocenters. The third-order valence-electron chi connectivity index (χ3n) is 1.92. The predicted molar refractivity (Wildman–Crippen MR) is 55.9 cm³/mol. The van der Waals surface area contributed by atoms with Crippen molar-refractivity contribution in [3.8, 4) is 0 Å². The van der Waals surface area contributed by atoms with Crippen LogP contribution in [0.15, 0.2) is 30.5 Å². The van der Waals surface area contributed by atoms with Crippen LogP contribution in [-0.2, 0) is 0 Å². The first-order chi connectivity index (χ1) is 6.68. The van der Waals surface area contributed by atoms with Crippen LogP contribution in [0.4, 0.5) is 4.39 Å². The van der Waals surface area contributed by atoms with Crippen molar-refractivity contribution in [3.05, 3.63) is 41.8 Å². The van der Waals surface area contributed by atoms with E-state index in [2.05, 4.69) is 4.98 Å². The van der Waals surface area contributed by atoms with Gasteiger partial charge in [0.25, 0.3) is 0 Å². The molecule has 0 bridgehead atoms. The lowest BCUT2D eigenvalue weighted by molar-refractivity contribution is 0.0696. The second-order valence-electron chi connectivity index (χ2n) is 2.84. The summed E-state index contributed by atoms with van der Waals surface area (Å²) in [6.07, 6.45) is 1.21. The summed E-state index contributed by atoms with van der Waals surface area (Å²) in [6, 6.07) is 5.71. The van der Waals surface area contributed by atoms with Crippen molar-refractivity contribution < 1.29 is 14.3 Å². The number of hydrogen-bond acceptors (Lipinski definition) is 2. The number of aromatic nitrogens is 1. The molecule has 1 heterocycles. The zero-order chi connectivity index (χ0) is 10.1.